The van der Waals surface area contributed by atoms with Gasteiger partial charge >= 0.3 is 12.1 Å². The number of rotatable bonds is 3. The van der Waals surface area contributed by atoms with Crippen molar-refractivity contribution in [3.8, 4) is 0 Å². The predicted molar refractivity (Wildman–Crippen MR) is 74.2 cm³/mol. The van der Waals surface area contributed by atoms with Crippen LogP contribution in [0.25, 0.3) is 10.8 Å². The molecular weight excluding hydrogens is 260 g/mol. The van der Waals surface area contributed by atoms with Crippen molar-refractivity contribution in [1.29, 1.82) is 0 Å². The van der Waals surface area contributed by atoms with Crippen molar-refractivity contribution in [2.45, 2.75) is 6.92 Å². The van der Waals surface area contributed by atoms with Crippen LogP contribution in [0.3, 0.4) is 0 Å². The van der Waals surface area contributed by atoms with E-state index in [2.05, 4.69) is 14.9 Å². The number of esters is 1. The van der Waals surface area contributed by atoms with Crippen molar-refractivity contribution >= 4 is 28.6 Å². The van der Waals surface area contributed by atoms with Crippen LogP contribution in [-0.2, 0) is 9.47 Å². The second-order valence-corrected chi connectivity index (χ2v) is 3.92. The fourth-order valence-corrected chi connectivity index (χ4v) is 1.88. The monoisotopic (exact) mass is 274 g/mol. The summed E-state index contributed by atoms with van der Waals surface area (Å²) in [5.41, 5.74) is 3.50. The third-order valence-corrected chi connectivity index (χ3v) is 2.74. The first-order valence-electron chi connectivity index (χ1n) is 6.04. The topological polar surface area (TPSA) is 90.6 Å². The van der Waals surface area contributed by atoms with E-state index >= 15 is 0 Å². The summed E-state index contributed by atoms with van der Waals surface area (Å²) in [4.78, 5) is 23.2. The Kier molecular flexibility index (Phi) is 4.17. The number of fused-ring (bicyclic) bond motifs is 1. The van der Waals surface area contributed by atoms with Crippen molar-refractivity contribution in [2.24, 2.45) is 5.84 Å². The third-order valence-electron chi connectivity index (χ3n) is 2.74. The highest BCUT2D eigenvalue weighted by Gasteiger charge is 2.17. The Morgan fingerprint density at radius 3 is 2.50 bits per heavy atom. The van der Waals surface area contributed by atoms with Crippen LogP contribution < -0.4 is 11.3 Å². The summed E-state index contributed by atoms with van der Waals surface area (Å²) >= 11 is 0. The maximum atomic E-state index is 12.0. The number of hydrogen-bond acceptors (Lipinski definition) is 6. The highest BCUT2D eigenvalue weighted by atomic mass is 16.7. The minimum absolute atomic E-state index is 0.142. The van der Waals surface area contributed by atoms with Crippen molar-refractivity contribution in [3.05, 3.63) is 42.0 Å². The number of carbonyl (C=O) groups excluding carboxylic acids is 2. The number of nitrogens with one attached hydrogen (secondary N) is 1. The predicted octanol–water partition coefficient (Wildman–Crippen LogP) is 2.44. The normalized spacial score (nSPS) is 10.1. The standard InChI is InChI=1S/C14H14N2O4/c1-2-19-14(18)20-13(17)11-7-8-12(16-15)10-6-4-3-5-9(10)11/h3-8,16H,2,15H2,1H3. The van der Waals surface area contributed by atoms with Gasteiger partial charge in [0.05, 0.1) is 17.9 Å². The van der Waals surface area contributed by atoms with E-state index in [1.807, 2.05) is 12.1 Å². The second kappa shape index (κ2) is 6.03. The average molecular weight is 274 g/mol. The number of hydrazine groups is 1. The molecule has 0 heterocycles. The quantitative estimate of drug-likeness (QED) is 0.386. The fourth-order valence-electron chi connectivity index (χ4n) is 1.88. The molecule has 0 aliphatic carbocycles. The van der Waals surface area contributed by atoms with Crippen LogP contribution in [0.5, 0.6) is 0 Å². The number of benzene rings is 2. The minimum atomic E-state index is -1.01. The smallest absolute Gasteiger partial charge is 0.434 e. The molecule has 2 aromatic carbocycles. The minimum Gasteiger partial charge on any atom is -0.434 e. The number of hydrogen-bond donors (Lipinski definition) is 2. The van der Waals surface area contributed by atoms with E-state index in [-0.39, 0.29) is 12.2 Å². The molecule has 6 nitrogen and oxygen atoms in total. The van der Waals surface area contributed by atoms with Crippen molar-refractivity contribution in [1.82, 2.24) is 0 Å². The maximum absolute atomic E-state index is 12.0. The van der Waals surface area contributed by atoms with Crippen LogP contribution in [0.4, 0.5) is 10.5 Å². The van der Waals surface area contributed by atoms with E-state index in [0.29, 0.717) is 11.1 Å². The van der Waals surface area contributed by atoms with Gasteiger partial charge in [-0.15, -0.1) is 0 Å². The molecule has 0 aromatic heterocycles. The molecule has 0 spiro atoms. The molecule has 0 saturated heterocycles. The first-order valence-corrected chi connectivity index (χ1v) is 6.04. The van der Waals surface area contributed by atoms with Crippen molar-refractivity contribution in [3.63, 3.8) is 0 Å². The summed E-state index contributed by atoms with van der Waals surface area (Å²) in [6.07, 6.45) is -1.01. The first kappa shape index (κ1) is 13.8. The molecule has 2 aromatic rings. The summed E-state index contributed by atoms with van der Waals surface area (Å²) in [5.74, 6) is 4.66. The largest absolute Gasteiger partial charge is 0.516 e. The SMILES string of the molecule is CCOC(=O)OC(=O)c1ccc(NN)c2ccccc12. The van der Waals surface area contributed by atoms with Crippen LogP contribution in [0.15, 0.2) is 36.4 Å². The highest BCUT2D eigenvalue weighted by molar-refractivity contribution is 6.10. The molecule has 0 amide bonds. The van der Waals surface area contributed by atoms with Gasteiger partial charge in [0.25, 0.3) is 0 Å². The molecular formula is C14H14N2O4. The Hall–Kier alpha value is -2.60. The van der Waals surface area contributed by atoms with Gasteiger partial charge in [0, 0.05) is 5.39 Å². The lowest BCUT2D eigenvalue weighted by Crippen LogP contribution is -2.15. The van der Waals surface area contributed by atoms with Gasteiger partial charge in [0.2, 0.25) is 0 Å². The number of ether oxygens (including phenoxy) is 2. The van der Waals surface area contributed by atoms with Crippen LogP contribution in [0.2, 0.25) is 0 Å². The third kappa shape index (κ3) is 2.70. The number of anilines is 1. The van der Waals surface area contributed by atoms with Gasteiger partial charge in [-0.05, 0) is 24.4 Å². The molecule has 20 heavy (non-hydrogen) atoms. The first-order chi connectivity index (χ1) is 9.67. The van der Waals surface area contributed by atoms with E-state index in [4.69, 9.17) is 5.84 Å². The molecule has 0 aliphatic rings. The summed E-state index contributed by atoms with van der Waals surface area (Å²) in [6, 6.07) is 10.3. The van der Waals surface area contributed by atoms with E-state index in [1.54, 1.807) is 31.2 Å². The van der Waals surface area contributed by atoms with Crippen LogP contribution in [0.1, 0.15) is 17.3 Å². The van der Waals surface area contributed by atoms with Gasteiger partial charge < -0.3 is 14.9 Å². The van der Waals surface area contributed by atoms with Gasteiger partial charge in [-0.1, -0.05) is 24.3 Å². The van der Waals surface area contributed by atoms with Gasteiger partial charge in [-0.3, -0.25) is 5.84 Å². The Bertz CT molecular complexity index is 655. The van der Waals surface area contributed by atoms with Crippen LogP contribution >= 0.6 is 0 Å². The molecule has 0 aliphatic heterocycles. The van der Waals surface area contributed by atoms with Crippen LogP contribution in [-0.4, -0.2) is 18.7 Å². The summed E-state index contributed by atoms with van der Waals surface area (Å²) in [6.45, 7) is 1.77. The zero-order valence-corrected chi connectivity index (χ0v) is 10.9. The lowest BCUT2D eigenvalue weighted by molar-refractivity contribution is 0.0403. The highest BCUT2D eigenvalue weighted by Crippen LogP contribution is 2.26. The maximum Gasteiger partial charge on any atom is 0.516 e. The summed E-state index contributed by atoms with van der Waals surface area (Å²) in [7, 11) is 0. The van der Waals surface area contributed by atoms with E-state index in [0.717, 1.165) is 5.39 Å². The molecule has 0 radical (unpaired) electrons. The Balaban J connectivity index is 2.40. The molecule has 6 heteroatoms. The van der Waals surface area contributed by atoms with Crippen molar-refractivity contribution in [2.75, 3.05) is 12.0 Å². The molecule has 0 bridgehead atoms. The number of nitrogen functional groups attached to an aromatic ring is 1. The summed E-state index contributed by atoms with van der Waals surface area (Å²) < 4.78 is 9.18. The zero-order valence-electron chi connectivity index (χ0n) is 10.9. The average Bonchev–Trinajstić information content (AvgIpc) is 2.46. The lowest BCUT2D eigenvalue weighted by Gasteiger charge is -2.09. The second-order valence-electron chi connectivity index (χ2n) is 3.92. The number of carbonyl (C=O) groups is 2. The molecule has 0 saturated carbocycles. The van der Waals surface area contributed by atoms with E-state index in [1.165, 1.54) is 0 Å². The Labute approximate surface area is 115 Å². The van der Waals surface area contributed by atoms with Gasteiger partial charge in [-0.2, -0.15) is 0 Å². The molecule has 2 rings (SSSR count). The molecule has 3 N–H and O–H groups in total. The molecule has 0 unspecified atom stereocenters. The van der Waals surface area contributed by atoms with Gasteiger partial charge in [0.15, 0.2) is 0 Å². The molecule has 0 fully saturated rings. The Morgan fingerprint density at radius 2 is 1.85 bits per heavy atom. The molecule has 104 valence electrons. The lowest BCUT2D eigenvalue weighted by atomic mass is 10.0. The van der Waals surface area contributed by atoms with Gasteiger partial charge in [0.1, 0.15) is 0 Å². The zero-order chi connectivity index (χ0) is 14.5. The van der Waals surface area contributed by atoms with Gasteiger partial charge in [-0.25, -0.2) is 9.59 Å². The Morgan fingerprint density at radius 1 is 1.15 bits per heavy atom. The van der Waals surface area contributed by atoms with Crippen molar-refractivity contribution < 1.29 is 19.1 Å². The number of nitrogens with two attached hydrogens (primary N) is 1. The fraction of sp³-hybridized carbons (Fsp3) is 0.143. The van der Waals surface area contributed by atoms with E-state index in [9.17, 15) is 9.59 Å². The molecule has 0 atom stereocenters. The van der Waals surface area contributed by atoms with E-state index < -0.39 is 12.1 Å². The van der Waals surface area contributed by atoms with Crippen LogP contribution in [0, 0.1) is 0 Å². The summed E-state index contributed by atoms with van der Waals surface area (Å²) in [5, 5.41) is 1.39.